The van der Waals surface area contributed by atoms with E-state index in [9.17, 15) is 9.59 Å². The van der Waals surface area contributed by atoms with Crippen LogP contribution in [0.1, 0.15) is 77.6 Å². The largest absolute Gasteiger partial charge is 0.464 e. The molecule has 0 aromatic rings. The number of nitrogens with one attached hydrogen (secondary N) is 1. The summed E-state index contributed by atoms with van der Waals surface area (Å²) in [6.45, 7) is 2.89. The zero-order valence-electron chi connectivity index (χ0n) is 13.5. The van der Waals surface area contributed by atoms with Crippen molar-refractivity contribution in [1.29, 1.82) is 0 Å². The summed E-state index contributed by atoms with van der Waals surface area (Å²) >= 11 is 0. The Morgan fingerprint density at radius 2 is 1.86 bits per heavy atom. The molecule has 0 aliphatic heterocycles. The number of hydrogen-bond acceptors (Lipinski definition) is 3. The normalized spacial score (nSPS) is 15.7. The lowest BCUT2D eigenvalue weighted by atomic mass is 9.87. The molecular weight excluding hydrogens is 266 g/mol. The van der Waals surface area contributed by atoms with E-state index < -0.39 is 0 Å². The quantitative estimate of drug-likeness (QED) is 0.495. The van der Waals surface area contributed by atoms with Crippen LogP contribution in [0, 0.1) is 5.92 Å². The Kier molecular flexibility index (Phi) is 9.92. The van der Waals surface area contributed by atoms with Crippen molar-refractivity contribution in [2.45, 2.75) is 77.6 Å². The third kappa shape index (κ3) is 9.48. The van der Waals surface area contributed by atoms with E-state index in [0.717, 1.165) is 25.7 Å². The highest BCUT2D eigenvalue weighted by atomic mass is 16.5. The van der Waals surface area contributed by atoms with Crippen LogP contribution in [0.4, 0.5) is 0 Å². The lowest BCUT2D eigenvalue weighted by Gasteiger charge is -2.20. The second-order valence-electron chi connectivity index (χ2n) is 6.09. The number of hydrogen-bond donors (Lipinski definition) is 1. The number of carbonyl (C=O) groups excluding carboxylic acids is 2. The van der Waals surface area contributed by atoms with Crippen molar-refractivity contribution in [3.8, 4) is 0 Å². The summed E-state index contributed by atoms with van der Waals surface area (Å²) in [5.74, 6) is 0.466. The number of rotatable bonds is 10. The summed E-state index contributed by atoms with van der Waals surface area (Å²) in [4.78, 5) is 23.2. The summed E-state index contributed by atoms with van der Waals surface area (Å²) in [5, 5.41) is 2.80. The van der Waals surface area contributed by atoms with Gasteiger partial charge in [-0.1, -0.05) is 45.4 Å². The third-order valence-electron chi connectivity index (χ3n) is 4.12. The average Bonchev–Trinajstić information content (AvgIpc) is 2.49. The third-order valence-corrected chi connectivity index (χ3v) is 4.12. The van der Waals surface area contributed by atoms with E-state index in [1.54, 1.807) is 0 Å². The summed E-state index contributed by atoms with van der Waals surface area (Å²) < 4.78 is 5.18. The minimum Gasteiger partial charge on any atom is -0.464 e. The van der Waals surface area contributed by atoms with Gasteiger partial charge in [0.05, 0.1) is 6.54 Å². The van der Waals surface area contributed by atoms with Crippen LogP contribution >= 0.6 is 0 Å². The summed E-state index contributed by atoms with van der Waals surface area (Å²) in [6, 6.07) is 0. The Balaban J connectivity index is 1.95. The molecule has 0 heterocycles. The molecule has 0 aromatic carbocycles. The van der Waals surface area contributed by atoms with Crippen LogP contribution in [0.25, 0.3) is 0 Å². The molecule has 0 bridgehead atoms. The van der Waals surface area contributed by atoms with Gasteiger partial charge in [-0.05, 0) is 25.2 Å². The Morgan fingerprint density at radius 3 is 2.57 bits per heavy atom. The molecule has 1 aliphatic carbocycles. The van der Waals surface area contributed by atoms with Crippen LogP contribution < -0.4 is 5.32 Å². The molecule has 1 aliphatic rings. The van der Waals surface area contributed by atoms with Crippen LogP contribution in [0.15, 0.2) is 0 Å². The van der Waals surface area contributed by atoms with E-state index in [0.29, 0.717) is 31.9 Å². The molecule has 0 spiro atoms. The van der Waals surface area contributed by atoms with E-state index in [-0.39, 0.29) is 11.9 Å². The molecule has 0 saturated heterocycles. The van der Waals surface area contributed by atoms with Gasteiger partial charge in [-0.3, -0.25) is 9.59 Å². The second-order valence-corrected chi connectivity index (χ2v) is 6.09. The van der Waals surface area contributed by atoms with Crippen LogP contribution in [0.5, 0.6) is 0 Å². The molecule has 4 heteroatoms. The topological polar surface area (TPSA) is 55.4 Å². The number of unbranched alkanes of at least 4 members (excludes halogenated alkanes) is 3. The molecule has 122 valence electrons. The van der Waals surface area contributed by atoms with E-state index in [1.807, 2.05) is 0 Å². The Hall–Kier alpha value is -1.06. The zero-order valence-corrected chi connectivity index (χ0v) is 13.5. The van der Waals surface area contributed by atoms with Gasteiger partial charge in [-0.15, -0.1) is 0 Å². The van der Waals surface area contributed by atoms with Gasteiger partial charge in [0.15, 0.2) is 0 Å². The molecule has 1 rings (SSSR count). The van der Waals surface area contributed by atoms with Crippen LogP contribution in [-0.2, 0) is 14.3 Å². The summed E-state index contributed by atoms with van der Waals surface area (Å²) in [7, 11) is 0. The maximum atomic E-state index is 11.7. The first-order valence-corrected chi connectivity index (χ1v) is 8.64. The Bertz CT molecular complexity index is 298. The monoisotopic (exact) mass is 297 g/mol. The van der Waals surface area contributed by atoms with E-state index >= 15 is 0 Å². The summed E-state index contributed by atoms with van der Waals surface area (Å²) in [5.41, 5.74) is 0. The molecule has 0 aromatic heterocycles. The first-order valence-electron chi connectivity index (χ1n) is 8.64. The highest BCUT2D eigenvalue weighted by Crippen LogP contribution is 2.26. The van der Waals surface area contributed by atoms with Crippen molar-refractivity contribution >= 4 is 11.9 Å². The van der Waals surface area contributed by atoms with Gasteiger partial charge in [0.25, 0.3) is 0 Å². The molecule has 1 amide bonds. The molecular formula is C17H31NO3. The SMILES string of the molecule is CCCCCCC(=O)NCCOC(=O)CC1CCCCC1. The summed E-state index contributed by atoms with van der Waals surface area (Å²) in [6.07, 6.45) is 11.6. The zero-order chi connectivity index (χ0) is 15.3. The lowest BCUT2D eigenvalue weighted by molar-refractivity contribution is -0.145. The predicted molar refractivity (Wildman–Crippen MR) is 83.9 cm³/mol. The van der Waals surface area contributed by atoms with Gasteiger partial charge >= 0.3 is 5.97 Å². The van der Waals surface area contributed by atoms with Crippen molar-refractivity contribution < 1.29 is 14.3 Å². The van der Waals surface area contributed by atoms with Crippen molar-refractivity contribution in [3.63, 3.8) is 0 Å². The van der Waals surface area contributed by atoms with E-state index in [4.69, 9.17) is 4.74 Å². The van der Waals surface area contributed by atoms with Gasteiger partial charge in [0, 0.05) is 12.8 Å². The molecule has 0 atom stereocenters. The fourth-order valence-corrected chi connectivity index (χ4v) is 2.84. The van der Waals surface area contributed by atoms with Crippen LogP contribution in [-0.4, -0.2) is 25.0 Å². The van der Waals surface area contributed by atoms with Crippen LogP contribution in [0.2, 0.25) is 0 Å². The minimum absolute atomic E-state index is 0.0643. The van der Waals surface area contributed by atoms with Gasteiger partial charge < -0.3 is 10.1 Å². The average molecular weight is 297 g/mol. The number of carbonyl (C=O) groups is 2. The number of ether oxygens (including phenoxy) is 1. The molecule has 1 fully saturated rings. The first kappa shape index (κ1) is 18.0. The molecule has 0 radical (unpaired) electrons. The maximum Gasteiger partial charge on any atom is 0.306 e. The highest BCUT2D eigenvalue weighted by molar-refractivity contribution is 5.75. The number of esters is 1. The van der Waals surface area contributed by atoms with Crippen LogP contribution in [0.3, 0.4) is 0 Å². The fourth-order valence-electron chi connectivity index (χ4n) is 2.84. The molecule has 1 saturated carbocycles. The Labute approximate surface area is 129 Å². The second kappa shape index (κ2) is 11.6. The molecule has 0 unspecified atom stereocenters. The Morgan fingerprint density at radius 1 is 1.10 bits per heavy atom. The van der Waals surface area contributed by atoms with Crippen molar-refractivity contribution in [2.24, 2.45) is 5.92 Å². The fraction of sp³-hybridized carbons (Fsp3) is 0.882. The lowest BCUT2D eigenvalue weighted by Crippen LogP contribution is -2.28. The van der Waals surface area contributed by atoms with Crippen molar-refractivity contribution in [3.05, 3.63) is 0 Å². The smallest absolute Gasteiger partial charge is 0.306 e. The van der Waals surface area contributed by atoms with Gasteiger partial charge in [0.1, 0.15) is 6.61 Å². The first-order chi connectivity index (χ1) is 10.2. The van der Waals surface area contributed by atoms with E-state index in [2.05, 4.69) is 12.2 Å². The number of amides is 1. The van der Waals surface area contributed by atoms with Gasteiger partial charge in [-0.25, -0.2) is 0 Å². The maximum absolute atomic E-state index is 11.7. The van der Waals surface area contributed by atoms with Gasteiger partial charge in [-0.2, -0.15) is 0 Å². The van der Waals surface area contributed by atoms with Crippen molar-refractivity contribution in [2.75, 3.05) is 13.2 Å². The van der Waals surface area contributed by atoms with E-state index in [1.165, 1.54) is 32.1 Å². The molecule has 4 nitrogen and oxygen atoms in total. The highest BCUT2D eigenvalue weighted by Gasteiger charge is 2.17. The standard InChI is InChI=1S/C17H31NO3/c1-2-3-4-8-11-16(19)18-12-13-21-17(20)14-15-9-6-5-7-10-15/h15H,2-14H2,1H3,(H,18,19). The molecule has 21 heavy (non-hydrogen) atoms. The minimum atomic E-state index is -0.112. The van der Waals surface area contributed by atoms with Crippen molar-refractivity contribution in [1.82, 2.24) is 5.32 Å². The van der Waals surface area contributed by atoms with Gasteiger partial charge in [0.2, 0.25) is 5.91 Å². The predicted octanol–water partition coefficient (Wildman–Crippen LogP) is 3.59. The molecule has 1 N–H and O–H groups in total.